The van der Waals surface area contributed by atoms with Gasteiger partial charge < -0.3 is 9.45 Å². The number of hydrogen-bond donors (Lipinski definition) is 0. The van der Waals surface area contributed by atoms with E-state index < -0.39 is 15.6 Å². The van der Waals surface area contributed by atoms with Gasteiger partial charge in [0.15, 0.2) is 15.8 Å². The predicted octanol–water partition coefficient (Wildman–Crippen LogP) is 2.09. The number of alkyl halides is 3. The summed E-state index contributed by atoms with van der Waals surface area (Å²) in [5, 5.41) is 1.29. The molecule has 5 nitrogen and oxygen atoms in total. The third-order valence-corrected chi connectivity index (χ3v) is 3.77. The summed E-state index contributed by atoms with van der Waals surface area (Å²) in [6.07, 6.45) is 0. The van der Waals surface area contributed by atoms with Crippen LogP contribution in [0, 0.1) is 6.92 Å². The van der Waals surface area contributed by atoms with Crippen molar-refractivity contribution < 1.29 is 30.7 Å². The first kappa shape index (κ1) is 19.2. The molecule has 0 radical (unpaired) electrons. The molecule has 0 amide bonds. The second-order valence-corrected chi connectivity index (χ2v) is 6.44. The Morgan fingerprint density at radius 2 is 1.65 bits per heavy atom. The Labute approximate surface area is 132 Å². The van der Waals surface area contributed by atoms with Gasteiger partial charge in [-0.3, -0.25) is 0 Å². The highest BCUT2D eigenvalue weighted by molar-refractivity contribution is 7.86. The first-order valence-electron chi connectivity index (χ1n) is 6.43. The molecule has 128 valence electrons. The van der Waals surface area contributed by atoms with Crippen LogP contribution in [0.3, 0.4) is 0 Å². The highest BCUT2D eigenvalue weighted by atomic mass is 32.2. The van der Waals surface area contributed by atoms with Gasteiger partial charge in [-0.1, -0.05) is 0 Å². The smallest absolute Gasteiger partial charge is 0.485 e. The molecule has 2 aromatic rings. The van der Waals surface area contributed by atoms with Crippen molar-refractivity contribution >= 4 is 26.7 Å². The van der Waals surface area contributed by atoms with Crippen molar-refractivity contribution in [2.24, 2.45) is 7.05 Å². The van der Waals surface area contributed by atoms with Crippen LogP contribution in [0.25, 0.3) is 10.9 Å². The number of fused-ring (bicyclic) bond motifs is 1. The first-order chi connectivity index (χ1) is 10.3. The standard InChI is InChI=1S/C13H17N2.CHF3O3S/c1-10-5-6-11-9-12(14(2)3)7-8-13(11)15(10)4;2-1(3,4)8(5,6)7/h5-9H,1-4H3;(H,5,6,7)/q+1;/p-1. The maximum Gasteiger partial charge on any atom is 0.485 e. The van der Waals surface area contributed by atoms with Gasteiger partial charge in [0.2, 0.25) is 5.52 Å². The molecule has 23 heavy (non-hydrogen) atoms. The zero-order valence-electron chi connectivity index (χ0n) is 13.0. The van der Waals surface area contributed by atoms with Crippen LogP contribution in [-0.2, 0) is 17.2 Å². The second kappa shape index (κ2) is 6.71. The maximum absolute atomic E-state index is 10.7. The average Bonchev–Trinajstić information content (AvgIpc) is 2.41. The number of anilines is 1. The maximum atomic E-state index is 10.7. The van der Waals surface area contributed by atoms with Gasteiger partial charge >= 0.3 is 5.51 Å². The number of hydrogen-bond acceptors (Lipinski definition) is 4. The SMILES string of the molecule is Cc1ccc2cc(N(C)C)ccc2[n+]1C.O=S(=O)([O-])C(F)(F)F. The van der Waals surface area contributed by atoms with E-state index in [2.05, 4.69) is 67.9 Å². The lowest BCUT2D eigenvalue weighted by molar-refractivity contribution is -0.651. The van der Waals surface area contributed by atoms with Crippen molar-refractivity contribution in [1.82, 2.24) is 0 Å². The average molecular weight is 350 g/mol. The molecule has 0 aliphatic heterocycles. The number of pyridine rings is 1. The van der Waals surface area contributed by atoms with Gasteiger partial charge in [0.05, 0.1) is 0 Å². The lowest BCUT2D eigenvalue weighted by atomic mass is 10.1. The molecular weight excluding hydrogens is 333 g/mol. The number of rotatable bonds is 1. The van der Waals surface area contributed by atoms with Crippen LogP contribution >= 0.6 is 0 Å². The second-order valence-electron chi connectivity index (χ2n) is 5.07. The molecule has 1 aromatic carbocycles. The minimum atomic E-state index is -6.09. The van der Waals surface area contributed by atoms with Crippen molar-refractivity contribution in [3.8, 4) is 0 Å². The van der Waals surface area contributed by atoms with Crippen molar-refractivity contribution in [3.63, 3.8) is 0 Å². The van der Waals surface area contributed by atoms with Gasteiger partial charge in [-0.05, 0) is 18.2 Å². The van der Waals surface area contributed by atoms with Crippen molar-refractivity contribution in [3.05, 3.63) is 36.0 Å². The number of aromatic nitrogens is 1. The van der Waals surface area contributed by atoms with E-state index in [1.54, 1.807) is 0 Å². The molecule has 0 aliphatic rings. The summed E-state index contributed by atoms with van der Waals surface area (Å²) in [4.78, 5) is 2.12. The van der Waals surface area contributed by atoms with Crippen LogP contribution in [0.2, 0.25) is 0 Å². The van der Waals surface area contributed by atoms with Crippen LogP contribution in [0.15, 0.2) is 30.3 Å². The first-order valence-corrected chi connectivity index (χ1v) is 7.84. The van der Waals surface area contributed by atoms with E-state index in [9.17, 15) is 13.2 Å². The molecule has 0 fully saturated rings. The molecule has 0 saturated heterocycles. The number of nitrogens with zero attached hydrogens (tertiary/aromatic N) is 2. The van der Waals surface area contributed by atoms with Crippen molar-refractivity contribution in [2.45, 2.75) is 12.4 Å². The quantitative estimate of drug-likeness (QED) is 0.449. The lowest BCUT2D eigenvalue weighted by Gasteiger charge is -2.12. The summed E-state index contributed by atoms with van der Waals surface area (Å²) < 4.78 is 61.1. The Hall–Kier alpha value is -1.87. The van der Waals surface area contributed by atoms with E-state index in [0.717, 1.165) is 0 Å². The molecule has 0 atom stereocenters. The van der Waals surface area contributed by atoms with E-state index in [-0.39, 0.29) is 0 Å². The Balaban J connectivity index is 0.000000284. The highest BCUT2D eigenvalue weighted by Crippen LogP contribution is 2.20. The number of benzene rings is 1. The van der Waals surface area contributed by atoms with E-state index in [1.807, 2.05) is 0 Å². The van der Waals surface area contributed by atoms with Crippen LogP contribution in [0.4, 0.5) is 18.9 Å². The molecule has 0 N–H and O–H groups in total. The Bertz CT molecular complexity index is 803. The highest BCUT2D eigenvalue weighted by Gasteiger charge is 2.36. The fourth-order valence-electron chi connectivity index (χ4n) is 1.77. The van der Waals surface area contributed by atoms with Gasteiger partial charge in [0.1, 0.15) is 7.05 Å². The molecule has 0 saturated carbocycles. The molecule has 1 heterocycles. The van der Waals surface area contributed by atoms with Crippen LogP contribution in [-0.4, -0.2) is 32.6 Å². The van der Waals surface area contributed by atoms with Gasteiger partial charge in [0.25, 0.3) is 0 Å². The molecule has 0 unspecified atom stereocenters. The zero-order valence-corrected chi connectivity index (χ0v) is 13.9. The summed E-state index contributed by atoms with van der Waals surface area (Å²) >= 11 is 0. The van der Waals surface area contributed by atoms with Crippen molar-refractivity contribution in [1.29, 1.82) is 0 Å². The third kappa shape index (κ3) is 4.80. The Morgan fingerprint density at radius 3 is 2.09 bits per heavy atom. The minimum absolute atomic E-state index is 1.24. The van der Waals surface area contributed by atoms with Gasteiger partial charge in [-0.15, -0.1) is 0 Å². The number of halogens is 3. The van der Waals surface area contributed by atoms with Crippen molar-refractivity contribution in [2.75, 3.05) is 19.0 Å². The van der Waals surface area contributed by atoms with Gasteiger partial charge in [0, 0.05) is 44.2 Å². The number of aryl methyl sites for hydroxylation is 2. The molecular formula is C14H17F3N2O3S. The van der Waals surface area contributed by atoms with Gasteiger partial charge in [-0.25, -0.2) is 8.42 Å². The van der Waals surface area contributed by atoms with Crippen LogP contribution < -0.4 is 9.47 Å². The fraction of sp³-hybridized carbons (Fsp3) is 0.357. The minimum Gasteiger partial charge on any atom is -0.741 e. The molecule has 0 bridgehead atoms. The predicted molar refractivity (Wildman–Crippen MR) is 79.9 cm³/mol. The van der Waals surface area contributed by atoms with Gasteiger partial charge in [-0.2, -0.15) is 17.7 Å². The fourth-order valence-corrected chi connectivity index (χ4v) is 1.77. The molecule has 0 aliphatic carbocycles. The van der Waals surface area contributed by atoms with Crippen LogP contribution in [0.5, 0.6) is 0 Å². The molecule has 2 rings (SSSR count). The summed E-state index contributed by atoms with van der Waals surface area (Å²) in [5.74, 6) is 0. The summed E-state index contributed by atoms with van der Waals surface area (Å²) in [6, 6.07) is 10.9. The monoisotopic (exact) mass is 350 g/mol. The largest absolute Gasteiger partial charge is 0.741 e. The van der Waals surface area contributed by atoms with E-state index in [4.69, 9.17) is 13.0 Å². The van der Waals surface area contributed by atoms with E-state index >= 15 is 0 Å². The molecule has 1 aromatic heterocycles. The van der Waals surface area contributed by atoms with E-state index in [1.165, 1.54) is 22.3 Å². The summed E-state index contributed by atoms with van der Waals surface area (Å²) in [7, 11) is 0.144. The topological polar surface area (TPSA) is 64.3 Å². The normalized spacial score (nSPS) is 11.8. The van der Waals surface area contributed by atoms with Crippen LogP contribution in [0.1, 0.15) is 5.69 Å². The summed E-state index contributed by atoms with van der Waals surface area (Å²) in [5.41, 5.74) is -1.85. The molecule has 0 spiro atoms. The van der Waals surface area contributed by atoms with E-state index in [0.29, 0.717) is 0 Å². The lowest BCUT2D eigenvalue weighted by Crippen LogP contribution is -2.32. The molecule has 9 heteroatoms. The summed E-state index contributed by atoms with van der Waals surface area (Å²) in [6.45, 7) is 2.12. The Kier molecular flexibility index (Phi) is 5.60. The zero-order chi connectivity index (χ0) is 18.0. The Morgan fingerprint density at radius 1 is 1.13 bits per heavy atom. The third-order valence-electron chi connectivity index (χ3n) is 3.21.